The Morgan fingerprint density at radius 1 is 1.27 bits per heavy atom. The third kappa shape index (κ3) is 2.68. The predicted octanol–water partition coefficient (Wildman–Crippen LogP) is 3.75. The Morgan fingerprint density at radius 2 is 2.13 bits per heavy atom. The molecule has 1 nitrogen and oxygen atoms in total. The van der Waals surface area contributed by atoms with Crippen molar-refractivity contribution >= 4 is 22.7 Å². The van der Waals surface area contributed by atoms with E-state index in [4.69, 9.17) is 5.73 Å². The quantitative estimate of drug-likeness (QED) is 0.861. The summed E-state index contributed by atoms with van der Waals surface area (Å²) in [4.78, 5) is 0. The highest BCUT2D eigenvalue weighted by Gasteiger charge is 2.09. The Kier molecular flexibility index (Phi) is 3.57. The van der Waals surface area contributed by atoms with E-state index in [0.29, 0.717) is 0 Å². The molecule has 2 N–H and O–H groups in total. The van der Waals surface area contributed by atoms with E-state index in [1.807, 2.05) is 0 Å². The van der Waals surface area contributed by atoms with Gasteiger partial charge in [0.1, 0.15) is 0 Å². The third-order valence-corrected chi connectivity index (χ3v) is 4.23. The molecule has 15 heavy (non-hydrogen) atoms. The Balaban J connectivity index is 1.93. The largest absolute Gasteiger partial charge is 0.324 e. The first kappa shape index (κ1) is 10.9. The van der Waals surface area contributed by atoms with E-state index >= 15 is 0 Å². The highest BCUT2D eigenvalue weighted by Crippen LogP contribution is 2.23. The predicted molar refractivity (Wildman–Crippen MR) is 68.6 cm³/mol. The summed E-state index contributed by atoms with van der Waals surface area (Å²) in [7, 11) is 0. The molecule has 0 fully saturated rings. The van der Waals surface area contributed by atoms with Crippen LogP contribution in [0.15, 0.2) is 27.6 Å². The average molecular weight is 237 g/mol. The molecule has 1 unspecified atom stereocenters. The minimum Gasteiger partial charge on any atom is -0.324 e. The zero-order valence-corrected chi connectivity index (χ0v) is 10.4. The monoisotopic (exact) mass is 237 g/mol. The first-order chi connectivity index (χ1) is 7.27. The molecule has 2 heterocycles. The number of hydrogen-bond acceptors (Lipinski definition) is 3. The van der Waals surface area contributed by atoms with Gasteiger partial charge in [-0.25, -0.2) is 0 Å². The minimum atomic E-state index is 0.191. The standard InChI is InChI=1S/C12H15NS2/c1-9-6-15-8-11(9)12(13)3-2-10-4-5-14-7-10/h4-8,12H,2-3,13H2,1H3. The Bertz CT molecular complexity index is 403. The van der Waals surface area contributed by atoms with Crippen LogP contribution in [0.25, 0.3) is 0 Å². The van der Waals surface area contributed by atoms with Crippen molar-refractivity contribution in [3.8, 4) is 0 Å². The lowest BCUT2D eigenvalue weighted by atomic mass is 10.0. The molecule has 0 aliphatic rings. The fourth-order valence-corrected chi connectivity index (χ4v) is 3.28. The Morgan fingerprint density at radius 3 is 2.73 bits per heavy atom. The van der Waals surface area contributed by atoms with Crippen LogP contribution in [0.2, 0.25) is 0 Å². The van der Waals surface area contributed by atoms with Gasteiger partial charge in [-0.15, -0.1) is 0 Å². The van der Waals surface area contributed by atoms with Crippen molar-refractivity contribution in [3.63, 3.8) is 0 Å². The molecule has 2 rings (SSSR count). The van der Waals surface area contributed by atoms with E-state index < -0.39 is 0 Å². The lowest BCUT2D eigenvalue weighted by Crippen LogP contribution is -2.11. The summed E-state index contributed by atoms with van der Waals surface area (Å²) in [6.45, 7) is 2.14. The van der Waals surface area contributed by atoms with Crippen molar-refractivity contribution in [1.29, 1.82) is 0 Å². The number of aryl methyl sites for hydroxylation is 2. The minimum absolute atomic E-state index is 0.191. The highest BCUT2D eigenvalue weighted by atomic mass is 32.1. The molecule has 0 aromatic carbocycles. The first-order valence-corrected chi connectivity index (χ1v) is 6.95. The Labute approximate surface area is 98.6 Å². The van der Waals surface area contributed by atoms with E-state index in [0.717, 1.165) is 12.8 Å². The van der Waals surface area contributed by atoms with Gasteiger partial charge < -0.3 is 5.73 Å². The van der Waals surface area contributed by atoms with Crippen LogP contribution in [0.5, 0.6) is 0 Å². The molecular formula is C12H15NS2. The molecule has 2 aromatic rings. The average Bonchev–Trinajstić information content (AvgIpc) is 2.84. The van der Waals surface area contributed by atoms with Gasteiger partial charge in [-0.2, -0.15) is 22.7 Å². The zero-order chi connectivity index (χ0) is 10.7. The van der Waals surface area contributed by atoms with E-state index in [1.165, 1.54) is 16.7 Å². The van der Waals surface area contributed by atoms with Gasteiger partial charge in [0, 0.05) is 6.04 Å². The summed E-state index contributed by atoms with van der Waals surface area (Å²) in [5, 5.41) is 8.66. The summed E-state index contributed by atoms with van der Waals surface area (Å²) in [6.07, 6.45) is 2.12. The molecule has 0 saturated heterocycles. The van der Waals surface area contributed by atoms with Gasteiger partial charge in [-0.3, -0.25) is 0 Å². The van der Waals surface area contributed by atoms with Crippen LogP contribution >= 0.6 is 22.7 Å². The third-order valence-electron chi connectivity index (χ3n) is 2.62. The lowest BCUT2D eigenvalue weighted by Gasteiger charge is -2.10. The van der Waals surface area contributed by atoms with E-state index in [2.05, 4.69) is 34.5 Å². The van der Waals surface area contributed by atoms with Crippen LogP contribution in [-0.2, 0) is 6.42 Å². The molecule has 1 atom stereocenters. The second-order valence-electron chi connectivity index (χ2n) is 3.79. The fraction of sp³-hybridized carbons (Fsp3) is 0.333. The summed E-state index contributed by atoms with van der Waals surface area (Å²) >= 11 is 3.49. The van der Waals surface area contributed by atoms with Gasteiger partial charge in [-0.05, 0) is 64.0 Å². The molecule has 0 radical (unpaired) electrons. The second-order valence-corrected chi connectivity index (χ2v) is 5.31. The van der Waals surface area contributed by atoms with Crippen molar-refractivity contribution in [1.82, 2.24) is 0 Å². The van der Waals surface area contributed by atoms with Gasteiger partial charge >= 0.3 is 0 Å². The van der Waals surface area contributed by atoms with Crippen LogP contribution in [0, 0.1) is 6.92 Å². The number of rotatable bonds is 4. The van der Waals surface area contributed by atoms with Crippen LogP contribution in [0.1, 0.15) is 29.2 Å². The van der Waals surface area contributed by atoms with Crippen molar-refractivity contribution in [3.05, 3.63) is 44.3 Å². The van der Waals surface area contributed by atoms with E-state index in [-0.39, 0.29) is 6.04 Å². The molecule has 0 saturated carbocycles. The maximum atomic E-state index is 6.17. The second kappa shape index (κ2) is 4.92. The zero-order valence-electron chi connectivity index (χ0n) is 8.77. The summed E-state index contributed by atoms with van der Waals surface area (Å²) in [6, 6.07) is 2.37. The molecule has 0 aliphatic heterocycles. The summed E-state index contributed by atoms with van der Waals surface area (Å²) < 4.78 is 0. The molecule has 0 amide bonds. The van der Waals surface area contributed by atoms with Gasteiger partial charge in [0.25, 0.3) is 0 Å². The van der Waals surface area contributed by atoms with Gasteiger partial charge in [-0.1, -0.05) is 0 Å². The molecule has 0 bridgehead atoms. The molecular weight excluding hydrogens is 222 g/mol. The summed E-state index contributed by atoms with van der Waals surface area (Å²) in [5.74, 6) is 0. The number of hydrogen-bond donors (Lipinski definition) is 1. The van der Waals surface area contributed by atoms with E-state index in [1.54, 1.807) is 22.7 Å². The Hall–Kier alpha value is -0.640. The fourth-order valence-electron chi connectivity index (χ4n) is 1.66. The molecule has 0 spiro atoms. The SMILES string of the molecule is Cc1cscc1C(N)CCc1ccsc1. The van der Waals surface area contributed by atoms with Crippen LogP contribution in [0.4, 0.5) is 0 Å². The van der Waals surface area contributed by atoms with Crippen LogP contribution in [-0.4, -0.2) is 0 Å². The maximum absolute atomic E-state index is 6.17. The maximum Gasteiger partial charge on any atom is 0.0308 e. The molecule has 2 aromatic heterocycles. The van der Waals surface area contributed by atoms with Crippen LogP contribution < -0.4 is 5.73 Å². The molecule has 80 valence electrons. The normalized spacial score (nSPS) is 12.9. The van der Waals surface area contributed by atoms with Crippen molar-refractivity contribution in [2.45, 2.75) is 25.8 Å². The van der Waals surface area contributed by atoms with Crippen molar-refractivity contribution in [2.24, 2.45) is 5.73 Å². The van der Waals surface area contributed by atoms with Crippen molar-refractivity contribution < 1.29 is 0 Å². The lowest BCUT2D eigenvalue weighted by molar-refractivity contribution is 0.651. The van der Waals surface area contributed by atoms with E-state index in [9.17, 15) is 0 Å². The summed E-state index contributed by atoms with van der Waals surface area (Å²) in [5.41, 5.74) is 10.2. The van der Waals surface area contributed by atoms with Crippen LogP contribution in [0.3, 0.4) is 0 Å². The van der Waals surface area contributed by atoms with Crippen molar-refractivity contribution in [2.75, 3.05) is 0 Å². The molecule has 0 aliphatic carbocycles. The number of thiophene rings is 2. The van der Waals surface area contributed by atoms with Gasteiger partial charge in [0.05, 0.1) is 0 Å². The van der Waals surface area contributed by atoms with Gasteiger partial charge in [0.2, 0.25) is 0 Å². The van der Waals surface area contributed by atoms with Gasteiger partial charge in [0.15, 0.2) is 0 Å². The topological polar surface area (TPSA) is 26.0 Å². The molecule has 3 heteroatoms. The highest BCUT2D eigenvalue weighted by molar-refractivity contribution is 7.08. The smallest absolute Gasteiger partial charge is 0.0308 e. The first-order valence-electron chi connectivity index (χ1n) is 5.06. The number of nitrogens with two attached hydrogens (primary N) is 1.